The van der Waals surface area contributed by atoms with E-state index in [0.717, 1.165) is 39.1 Å². The quantitative estimate of drug-likeness (QED) is 0.189. The molecule has 0 spiro atoms. The lowest BCUT2D eigenvalue weighted by molar-refractivity contribution is 0.669. The molecule has 1 unspecified atom stereocenters. The standard InChI is InChI=1S/C50H30N2O/c1-2-11-30-26-32(21-20-29(30)10-1)43-28-44(42-27-31-12-3-4-13-33(31)34-14-5-6-15-35(34)42)52-50(51-43)39-23-22-37-38-24-25-46-49(40-16-7-8-19-45(40)53-46)48(38)41-18-9-17-36(39)47(37)41/h1-28,50,52H. The van der Waals surface area contributed by atoms with Gasteiger partial charge in [-0.15, -0.1) is 0 Å². The fourth-order valence-corrected chi connectivity index (χ4v) is 9.04. The van der Waals surface area contributed by atoms with Crippen LogP contribution in [0.5, 0.6) is 0 Å². The summed E-state index contributed by atoms with van der Waals surface area (Å²) in [5, 5.41) is 16.1. The Labute approximate surface area is 305 Å². The summed E-state index contributed by atoms with van der Waals surface area (Å²) in [6.07, 6.45) is 1.93. The fourth-order valence-electron chi connectivity index (χ4n) is 9.04. The van der Waals surface area contributed by atoms with E-state index in [1.165, 1.54) is 76.3 Å². The van der Waals surface area contributed by atoms with Crippen LogP contribution >= 0.6 is 0 Å². The Balaban J connectivity index is 1.08. The summed E-state index contributed by atoms with van der Waals surface area (Å²) in [5.41, 5.74) is 12.3. The number of benzene rings is 9. The third kappa shape index (κ3) is 4.13. The van der Waals surface area contributed by atoms with Crippen molar-refractivity contribution in [1.29, 1.82) is 0 Å². The number of rotatable bonds is 3. The van der Waals surface area contributed by atoms with Gasteiger partial charge in [0, 0.05) is 38.7 Å². The lowest BCUT2D eigenvalue weighted by atomic mass is 9.92. The second-order valence-electron chi connectivity index (χ2n) is 14.3. The van der Waals surface area contributed by atoms with Crippen molar-refractivity contribution in [1.82, 2.24) is 5.32 Å². The predicted octanol–water partition coefficient (Wildman–Crippen LogP) is 13.0. The third-order valence-corrected chi connectivity index (χ3v) is 11.4. The molecule has 1 atom stereocenters. The highest BCUT2D eigenvalue weighted by Gasteiger charge is 2.29. The van der Waals surface area contributed by atoms with Crippen molar-refractivity contribution >= 4 is 76.4 Å². The van der Waals surface area contributed by atoms with Crippen molar-refractivity contribution in [3.8, 4) is 22.3 Å². The van der Waals surface area contributed by atoms with Gasteiger partial charge in [0.1, 0.15) is 17.3 Å². The Kier molecular flexibility index (Phi) is 5.83. The maximum atomic E-state index is 6.35. The molecule has 1 aliphatic carbocycles. The van der Waals surface area contributed by atoms with Crippen molar-refractivity contribution in [3.63, 3.8) is 0 Å². The summed E-state index contributed by atoms with van der Waals surface area (Å²) < 4.78 is 6.35. The predicted molar refractivity (Wildman–Crippen MR) is 221 cm³/mol. The molecule has 12 rings (SSSR count). The number of hydrogen-bond acceptors (Lipinski definition) is 3. The highest BCUT2D eigenvalue weighted by Crippen LogP contribution is 2.53. The number of furan rings is 1. The summed E-state index contributed by atoms with van der Waals surface area (Å²) in [6, 6.07) is 59.1. The molecule has 1 N–H and O–H groups in total. The maximum absolute atomic E-state index is 6.35. The summed E-state index contributed by atoms with van der Waals surface area (Å²) in [7, 11) is 0. The van der Waals surface area contributed by atoms with Gasteiger partial charge in [0.2, 0.25) is 0 Å². The summed E-state index contributed by atoms with van der Waals surface area (Å²) >= 11 is 0. The van der Waals surface area contributed by atoms with Gasteiger partial charge >= 0.3 is 0 Å². The van der Waals surface area contributed by atoms with Crippen LogP contribution in [0.4, 0.5) is 0 Å². The molecule has 0 radical (unpaired) electrons. The van der Waals surface area contributed by atoms with E-state index in [1.54, 1.807) is 0 Å². The molecule has 53 heavy (non-hydrogen) atoms. The number of nitrogens with zero attached hydrogens (tertiary/aromatic N) is 1. The molecule has 10 aromatic rings. The molecular weight excluding hydrogens is 645 g/mol. The number of fused-ring (bicyclic) bond motifs is 11. The smallest absolute Gasteiger partial charge is 0.146 e. The Hall–Kier alpha value is -6.97. The summed E-state index contributed by atoms with van der Waals surface area (Å²) in [6.45, 7) is 0. The molecule has 0 amide bonds. The summed E-state index contributed by atoms with van der Waals surface area (Å²) in [5.74, 6) is 0. The van der Waals surface area contributed by atoms with E-state index in [1.807, 2.05) is 6.07 Å². The van der Waals surface area contributed by atoms with Crippen LogP contribution in [0.15, 0.2) is 179 Å². The van der Waals surface area contributed by atoms with Gasteiger partial charge in [0.25, 0.3) is 0 Å². The Bertz CT molecular complexity index is 3270. The highest BCUT2D eigenvalue weighted by atomic mass is 16.3. The van der Waals surface area contributed by atoms with Crippen LogP contribution in [0, 0.1) is 0 Å². The van der Waals surface area contributed by atoms with Gasteiger partial charge in [-0.2, -0.15) is 0 Å². The molecule has 0 fully saturated rings. The first-order chi connectivity index (χ1) is 26.3. The van der Waals surface area contributed by atoms with Gasteiger partial charge in [-0.3, -0.25) is 4.99 Å². The second kappa shape index (κ2) is 10.8. The van der Waals surface area contributed by atoms with Crippen molar-refractivity contribution < 1.29 is 4.42 Å². The van der Waals surface area contributed by atoms with Crippen LogP contribution < -0.4 is 5.32 Å². The molecule has 1 aromatic heterocycles. The van der Waals surface area contributed by atoms with E-state index in [-0.39, 0.29) is 6.17 Å². The van der Waals surface area contributed by atoms with Crippen molar-refractivity contribution in [3.05, 3.63) is 187 Å². The molecule has 2 aliphatic rings. The van der Waals surface area contributed by atoms with E-state index in [0.29, 0.717) is 0 Å². The Morgan fingerprint density at radius 3 is 2.09 bits per heavy atom. The number of para-hydroxylation sites is 1. The zero-order chi connectivity index (χ0) is 34.6. The molecule has 0 saturated heterocycles. The normalized spacial score (nSPS) is 15.0. The first-order valence-electron chi connectivity index (χ1n) is 18.2. The Morgan fingerprint density at radius 1 is 0.453 bits per heavy atom. The first-order valence-corrected chi connectivity index (χ1v) is 18.2. The van der Waals surface area contributed by atoms with Gasteiger partial charge in [0.05, 0.1) is 5.71 Å². The van der Waals surface area contributed by atoms with Crippen LogP contribution in [-0.4, -0.2) is 5.71 Å². The molecule has 0 saturated carbocycles. The zero-order valence-corrected chi connectivity index (χ0v) is 28.6. The molecule has 3 nitrogen and oxygen atoms in total. The van der Waals surface area contributed by atoms with Gasteiger partial charge in [-0.05, 0) is 96.2 Å². The average molecular weight is 675 g/mol. The number of hydrogen-bond donors (Lipinski definition) is 1. The molecule has 9 aromatic carbocycles. The van der Waals surface area contributed by atoms with Crippen molar-refractivity contribution in [2.24, 2.45) is 4.99 Å². The van der Waals surface area contributed by atoms with Crippen LogP contribution in [0.3, 0.4) is 0 Å². The number of allylic oxidation sites excluding steroid dienone is 1. The highest BCUT2D eigenvalue weighted by molar-refractivity contribution is 6.26. The van der Waals surface area contributed by atoms with Gasteiger partial charge in [-0.25, -0.2) is 0 Å². The largest absolute Gasteiger partial charge is 0.456 e. The zero-order valence-electron chi connectivity index (χ0n) is 28.6. The van der Waals surface area contributed by atoms with Gasteiger partial charge in [0.15, 0.2) is 0 Å². The number of nitrogens with one attached hydrogen (secondary N) is 1. The second-order valence-corrected chi connectivity index (χ2v) is 14.3. The van der Waals surface area contributed by atoms with E-state index < -0.39 is 0 Å². The minimum absolute atomic E-state index is 0.315. The minimum Gasteiger partial charge on any atom is -0.456 e. The van der Waals surface area contributed by atoms with Crippen LogP contribution in [0.2, 0.25) is 0 Å². The molecular formula is C50H30N2O. The molecule has 2 heterocycles. The summed E-state index contributed by atoms with van der Waals surface area (Å²) in [4.78, 5) is 5.52. The molecule has 3 heteroatoms. The first kappa shape index (κ1) is 28.7. The van der Waals surface area contributed by atoms with Crippen LogP contribution in [-0.2, 0) is 0 Å². The van der Waals surface area contributed by atoms with Crippen molar-refractivity contribution in [2.75, 3.05) is 0 Å². The Morgan fingerprint density at radius 2 is 1.19 bits per heavy atom. The molecule has 1 aliphatic heterocycles. The van der Waals surface area contributed by atoms with E-state index in [2.05, 4.69) is 169 Å². The topological polar surface area (TPSA) is 37.5 Å². The van der Waals surface area contributed by atoms with E-state index in [4.69, 9.17) is 9.41 Å². The van der Waals surface area contributed by atoms with Crippen molar-refractivity contribution in [2.45, 2.75) is 6.17 Å². The molecule has 246 valence electrons. The monoisotopic (exact) mass is 674 g/mol. The van der Waals surface area contributed by atoms with Crippen LogP contribution in [0.1, 0.15) is 22.9 Å². The third-order valence-electron chi connectivity index (χ3n) is 11.4. The lowest BCUT2D eigenvalue weighted by Crippen LogP contribution is -2.25. The number of aliphatic imine (C=N–C) groups is 1. The van der Waals surface area contributed by atoms with Crippen LogP contribution in [0.25, 0.3) is 93.0 Å². The fraction of sp³-hybridized carbons (Fsp3) is 0.0200. The van der Waals surface area contributed by atoms with Gasteiger partial charge < -0.3 is 9.73 Å². The van der Waals surface area contributed by atoms with E-state index in [9.17, 15) is 0 Å². The molecule has 0 bridgehead atoms. The SMILES string of the molecule is C1=C(c2cc3ccccc3c3ccccc23)NC(c2ccc3c4c(cccc24)-c2c-3ccc3oc4ccccc4c23)N=C1c1ccc2ccccc2c1. The maximum Gasteiger partial charge on any atom is 0.146 e. The minimum atomic E-state index is -0.315. The average Bonchev–Trinajstić information content (AvgIpc) is 3.77. The van der Waals surface area contributed by atoms with E-state index >= 15 is 0 Å². The van der Waals surface area contributed by atoms with Gasteiger partial charge in [-0.1, -0.05) is 133 Å². The lowest BCUT2D eigenvalue weighted by Gasteiger charge is -2.27.